The van der Waals surface area contributed by atoms with Crippen LogP contribution in [0.15, 0.2) is 101 Å². The number of ketones is 1. The molecule has 1 unspecified atom stereocenters. The zero-order chi connectivity index (χ0) is 27.4. The first kappa shape index (κ1) is 26.1. The molecule has 198 valence electrons. The number of Topliss-reactive ketones (excluding diaryl/α,β-unsaturated/α-hetero) is 1. The van der Waals surface area contributed by atoms with Crippen LogP contribution in [0.5, 0.6) is 11.5 Å². The predicted octanol–water partition coefficient (Wildman–Crippen LogP) is 6.53. The summed E-state index contributed by atoms with van der Waals surface area (Å²) in [4.78, 5) is 28.0. The van der Waals surface area contributed by atoms with Crippen molar-refractivity contribution in [2.75, 3.05) is 6.61 Å². The van der Waals surface area contributed by atoms with Crippen LogP contribution in [0.2, 0.25) is 5.02 Å². The highest BCUT2D eigenvalue weighted by molar-refractivity contribution is 6.46. The van der Waals surface area contributed by atoms with Gasteiger partial charge in [0.1, 0.15) is 18.1 Å². The van der Waals surface area contributed by atoms with E-state index in [2.05, 4.69) is 0 Å². The molecule has 1 saturated heterocycles. The lowest BCUT2D eigenvalue weighted by Gasteiger charge is -2.25. The monoisotopic (exact) mass is 543 g/mol. The van der Waals surface area contributed by atoms with Crippen molar-refractivity contribution in [3.05, 3.63) is 124 Å². The van der Waals surface area contributed by atoms with Crippen molar-refractivity contribution in [2.45, 2.75) is 26.1 Å². The number of hydrogen-bond donors (Lipinski definition) is 1. The molecule has 5 rings (SSSR count). The van der Waals surface area contributed by atoms with Crippen molar-refractivity contribution in [3.63, 3.8) is 0 Å². The Labute approximate surface area is 230 Å². The molecule has 1 aliphatic heterocycles. The van der Waals surface area contributed by atoms with Gasteiger partial charge in [0.15, 0.2) is 11.5 Å². The number of carbonyl (C=O) groups excluding carboxylic acids is 2. The van der Waals surface area contributed by atoms with Gasteiger partial charge < -0.3 is 23.9 Å². The van der Waals surface area contributed by atoms with Gasteiger partial charge in [0.25, 0.3) is 11.7 Å². The van der Waals surface area contributed by atoms with Crippen LogP contribution in [-0.2, 0) is 22.7 Å². The van der Waals surface area contributed by atoms with Gasteiger partial charge in [0, 0.05) is 10.6 Å². The van der Waals surface area contributed by atoms with Gasteiger partial charge in [-0.15, -0.1) is 0 Å². The average Bonchev–Trinajstić information content (AvgIpc) is 3.55. The highest BCUT2D eigenvalue weighted by Gasteiger charge is 2.46. The van der Waals surface area contributed by atoms with Crippen LogP contribution in [0.4, 0.5) is 0 Å². The maximum absolute atomic E-state index is 13.3. The van der Waals surface area contributed by atoms with Crippen LogP contribution in [-0.4, -0.2) is 28.3 Å². The Morgan fingerprint density at radius 2 is 1.72 bits per heavy atom. The Hall–Kier alpha value is -4.49. The fraction of sp³-hybridized carbons (Fsp3) is 0.161. The lowest BCUT2D eigenvalue weighted by Crippen LogP contribution is -2.29. The quantitative estimate of drug-likeness (QED) is 0.147. The summed E-state index contributed by atoms with van der Waals surface area (Å²) >= 11 is 6.02. The number of aliphatic hydroxyl groups is 1. The summed E-state index contributed by atoms with van der Waals surface area (Å²) in [7, 11) is 0. The number of ether oxygens (including phenoxy) is 2. The number of furan rings is 1. The van der Waals surface area contributed by atoms with E-state index in [4.69, 9.17) is 25.5 Å². The van der Waals surface area contributed by atoms with E-state index in [1.165, 1.54) is 11.2 Å². The van der Waals surface area contributed by atoms with Crippen molar-refractivity contribution < 1.29 is 28.6 Å². The largest absolute Gasteiger partial charge is 0.507 e. The molecule has 4 aromatic rings. The van der Waals surface area contributed by atoms with E-state index in [1.54, 1.807) is 54.6 Å². The summed E-state index contributed by atoms with van der Waals surface area (Å²) in [5, 5.41) is 11.8. The number of hydrogen-bond acceptors (Lipinski definition) is 6. The Bertz CT molecular complexity index is 1500. The molecule has 2 heterocycles. The van der Waals surface area contributed by atoms with Gasteiger partial charge in [-0.25, -0.2) is 0 Å². The second-order valence-electron chi connectivity index (χ2n) is 8.93. The predicted molar refractivity (Wildman–Crippen MR) is 146 cm³/mol. The Balaban J connectivity index is 1.58. The molecular formula is C31H26ClNO6. The normalized spacial score (nSPS) is 16.5. The number of amides is 1. The second-order valence-corrected chi connectivity index (χ2v) is 9.36. The van der Waals surface area contributed by atoms with Crippen LogP contribution in [0.1, 0.15) is 35.4 Å². The standard InChI is InChI=1S/C31H26ClNO6/c1-2-37-26-17-22(12-15-25(26)39-19-20-7-4-3-5-8-20)28-27(29(34)21-10-13-23(32)14-11-21)30(35)31(36)33(28)18-24-9-6-16-38-24/h3-17,28,34H,2,18-19H2,1H3. The lowest BCUT2D eigenvalue weighted by molar-refractivity contribution is -0.140. The third-order valence-electron chi connectivity index (χ3n) is 6.38. The highest BCUT2D eigenvalue weighted by atomic mass is 35.5. The van der Waals surface area contributed by atoms with Crippen molar-refractivity contribution in [3.8, 4) is 11.5 Å². The van der Waals surface area contributed by atoms with E-state index < -0.39 is 17.7 Å². The van der Waals surface area contributed by atoms with Crippen molar-refractivity contribution in [2.24, 2.45) is 0 Å². The molecule has 8 heteroatoms. The fourth-order valence-corrected chi connectivity index (χ4v) is 4.67. The molecule has 0 spiro atoms. The molecule has 1 aliphatic rings. The van der Waals surface area contributed by atoms with Gasteiger partial charge in [-0.2, -0.15) is 0 Å². The van der Waals surface area contributed by atoms with Crippen molar-refractivity contribution in [1.29, 1.82) is 0 Å². The molecule has 0 aliphatic carbocycles. The van der Waals surface area contributed by atoms with Gasteiger partial charge in [-0.1, -0.05) is 48.0 Å². The molecule has 39 heavy (non-hydrogen) atoms. The van der Waals surface area contributed by atoms with Crippen molar-refractivity contribution >= 4 is 29.1 Å². The Morgan fingerprint density at radius 1 is 0.949 bits per heavy atom. The van der Waals surface area contributed by atoms with Crippen LogP contribution < -0.4 is 9.47 Å². The van der Waals surface area contributed by atoms with E-state index in [1.807, 2.05) is 37.3 Å². The SMILES string of the molecule is CCOc1cc(C2C(=C(O)c3ccc(Cl)cc3)C(=O)C(=O)N2Cc2ccco2)ccc1OCc1ccccc1. The maximum Gasteiger partial charge on any atom is 0.296 e. The average molecular weight is 544 g/mol. The molecule has 1 amide bonds. The van der Waals surface area contributed by atoms with E-state index in [9.17, 15) is 14.7 Å². The molecule has 1 aromatic heterocycles. The second kappa shape index (κ2) is 11.5. The van der Waals surface area contributed by atoms with Crippen LogP contribution >= 0.6 is 11.6 Å². The topological polar surface area (TPSA) is 89.2 Å². The summed E-state index contributed by atoms with van der Waals surface area (Å²) in [5.41, 5.74) is 1.91. The molecule has 1 atom stereocenters. The first-order valence-corrected chi connectivity index (χ1v) is 12.8. The number of halogens is 1. The van der Waals surface area contributed by atoms with Gasteiger partial charge in [-0.3, -0.25) is 9.59 Å². The van der Waals surface area contributed by atoms with Gasteiger partial charge in [0.2, 0.25) is 0 Å². The molecule has 7 nitrogen and oxygen atoms in total. The zero-order valence-corrected chi connectivity index (χ0v) is 21.9. The van der Waals surface area contributed by atoms with Crippen molar-refractivity contribution in [1.82, 2.24) is 4.90 Å². The Kier molecular flexibility index (Phi) is 7.70. The number of rotatable bonds is 9. The molecular weight excluding hydrogens is 518 g/mol. The zero-order valence-electron chi connectivity index (χ0n) is 21.2. The third-order valence-corrected chi connectivity index (χ3v) is 6.64. The molecule has 1 fully saturated rings. The summed E-state index contributed by atoms with van der Waals surface area (Å²) in [5.74, 6) is -0.345. The van der Waals surface area contributed by atoms with Gasteiger partial charge in [0.05, 0.1) is 31.0 Å². The third kappa shape index (κ3) is 5.54. The first-order valence-electron chi connectivity index (χ1n) is 12.5. The summed E-state index contributed by atoms with van der Waals surface area (Å²) in [6, 6.07) is 24.0. The molecule has 0 radical (unpaired) electrons. The number of benzene rings is 3. The first-order chi connectivity index (χ1) is 19.0. The molecule has 1 N–H and O–H groups in total. The van der Waals surface area contributed by atoms with E-state index in [0.717, 1.165) is 5.56 Å². The van der Waals surface area contributed by atoms with E-state index in [0.29, 0.717) is 46.6 Å². The maximum atomic E-state index is 13.3. The molecule has 3 aromatic carbocycles. The minimum atomic E-state index is -0.895. The van der Waals surface area contributed by atoms with Gasteiger partial charge in [-0.05, 0) is 66.6 Å². The smallest absolute Gasteiger partial charge is 0.296 e. The fourth-order valence-electron chi connectivity index (χ4n) is 4.54. The lowest BCUT2D eigenvalue weighted by atomic mass is 9.95. The minimum Gasteiger partial charge on any atom is -0.507 e. The summed E-state index contributed by atoms with van der Waals surface area (Å²) in [6.07, 6.45) is 1.50. The number of carbonyl (C=O) groups is 2. The van der Waals surface area contributed by atoms with E-state index in [-0.39, 0.29) is 17.9 Å². The van der Waals surface area contributed by atoms with Gasteiger partial charge >= 0.3 is 0 Å². The minimum absolute atomic E-state index is 0.0331. The number of aliphatic hydroxyl groups excluding tert-OH is 1. The summed E-state index contributed by atoms with van der Waals surface area (Å²) in [6.45, 7) is 2.61. The Morgan fingerprint density at radius 3 is 2.41 bits per heavy atom. The van der Waals surface area contributed by atoms with Crippen LogP contribution in [0.25, 0.3) is 5.76 Å². The van der Waals surface area contributed by atoms with E-state index >= 15 is 0 Å². The molecule has 0 saturated carbocycles. The van der Waals surface area contributed by atoms with Crippen LogP contribution in [0.3, 0.4) is 0 Å². The number of likely N-dealkylation sites (tertiary alicyclic amines) is 1. The highest BCUT2D eigenvalue weighted by Crippen LogP contribution is 2.43. The molecule has 0 bridgehead atoms. The summed E-state index contributed by atoms with van der Waals surface area (Å²) < 4.78 is 17.4. The number of nitrogens with zero attached hydrogens (tertiary/aromatic N) is 1. The van der Waals surface area contributed by atoms with Crippen LogP contribution in [0, 0.1) is 0 Å².